The van der Waals surface area contributed by atoms with E-state index in [-0.39, 0.29) is 18.3 Å². The summed E-state index contributed by atoms with van der Waals surface area (Å²) < 4.78 is 9.62. The molecule has 0 saturated carbocycles. The average Bonchev–Trinajstić information content (AvgIpc) is 2.76. The Morgan fingerprint density at radius 2 is 2.44 bits per heavy atom. The van der Waals surface area contributed by atoms with Crippen molar-refractivity contribution >= 4 is 5.97 Å². The van der Waals surface area contributed by atoms with Crippen molar-refractivity contribution in [3.05, 3.63) is 23.7 Å². The number of aliphatic hydroxyl groups is 1. The normalized spacial score (nSPS) is 12.4. The zero-order chi connectivity index (χ0) is 12.0. The molecule has 0 aliphatic rings. The van der Waals surface area contributed by atoms with Gasteiger partial charge in [-0.1, -0.05) is 6.92 Å². The number of ether oxygens (including phenoxy) is 1. The van der Waals surface area contributed by atoms with Gasteiger partial charge in [0.25, 0.3) is 0 Å². The number of carbonyl (C=O) groups is 1. The number of methoxy groups -OCH3 is 1. The van der Waals surface area contributed by atoms with Gasteiger partial charge in [-0.2, -0.15) is 0 Å². The van der Waals surface area contributed by atoms with Crippen molar-refractivity contribution in [2.45, 2.75) is 13.5 Å². The van der Waals surface area contributed by atoms with Crippen LogP contribution in [0.1, 0.15) is 23.0 Å². The summed E-state index contributed by atoms with van der Waals surface area (Å²) in [5.41, 5.74) is 0.761. The van der Waals surface area contributed by atoms with Crippen LogP contribution in [0.4, 0.5) is 0 Å². The van der Waals surface area contributed by atoms with Crippen LogP contribution in [0.25, 0.3) is 0 Å². The number of nitrogens with one attached hydrogen (secondary N) is 1. The summed E-state index contributed by atoms with van der Waals surface area (Å²) in [5.74, 6) is -0.0582. The van der Waals surface area contributed by atoms with Crippen LogP contribution in [-0.4, -0.2) is 31.3 Å². The second-order valence-corrected chi connectivity index (χ2v) is 3.69. The third-order valence-corrected chi connectivity index (χ3v) is 2.24. The first-order valence-corrected chi connectivity index (χ1v) is 5.15. The number of hydrogen-bond acceptors (Lipinski definition) is 5. The molecule has 1 atom stereocenters. The van der Waals surface area contributed by atoms with Crippen LogP contribution < -0.4 is 5.32 Å². The Morgan fingerprint density at radius 1 is 1.69 bits per heavy atom. The fraction of sp³-hybridized carbons (Fsp3) is 0.545. The van der Waals surface area contributed by atoms with Crippen LogP contribution in [0.3, 0.4) is 0 Å². The number of furan rings is 1. The van der Waals surface area contributed by atoms with Gasteiger partial charge in [-0.3, -0.25) is 0 Å². The Morgan fingerprint density at radius 3 is 3.06 bits per heavy atom. The summed E-state index contributed by atoms with van der Waals surface area (Å²) in [6, 6.07) is 1.73. The summed E-state index contributed by atoms with van der Waals surface area (Å²) in [7, 11) is 1.32. The van der Waals surface area contributed by atoms with E-state index >= 15 is 0 Å². The van der Waals surface area contributed by atoms with Crippen LogP contribution in [0.2, 0.25) is 0 Å². The van der Waals surface area contributed by atoms with Gasteiger partial charge >= 0.3 is 5.97 Å². The van der Waals surface area contributed by atoms with Crippen molar-refractivity contribution in [1.82, 2.24) is 5.32 Å². The highest BCUT2D eigenvalue weighted by atomic mass is 16.5. The maximum Gasteiger partial charge on any atom is 0.374 e. The fourth-order valence-corrected chi connectivity index (χ4v) is 1.26. The van der Waals surface area contributed by atoms with Crippen LogP contribution in [0, 0.1) is 5.92 Å². The summed E-state index contributed by atoms with van der Waals surface area (Å²) in [4.78, 5) is 11.3. The summed E-state index contributed by atoms with van der Waals surface area (Å²) in [6.45, 7) is 3.28. The monoisotopic (exact) mass is 227 g/mol. The second kappa shape index (κ2) is 6.30. The predicted octanol–water partition coefficient (Wildman–Crippen LogP) is 0.784. The SMILES string of the molecule is COC(=O)c1occc1CNCC(C)CO. The number of aliphatic hydroxyl groups excluding tert-OH is 1. The minimum atomic E-state index is -0.475. The topological polar surface area (TPSA) is 71.7 Å². The molecule has 0 fully saturated rings. The van der Waals surface area contributed by atoms with E-state index in [2.05, 4.69) is 10.1 Å². The largest absolute Gasteiger partial charge is 0.463 e. The highest BCUT2D eigenvalue weighted by molar-refractivity contribution is 5.87. The molecule has 16 heavy (non-hydrogen) atoms. The maximum absolute atomic E-state index is 11.3. The van der Waals surface area contributed by atoms with Gasteiger partial charge in [-0.15, -0.1) is 0 Å². The highest BCUT2D eigenvalue weighted by Crippen LogP contribution is 2.11. The lowest BCUT2D eigenvalue weighted by atomic mass is 10.2. The zero-order valence-electron chi connectivity index (χ0n) is 9.53. The Bertz CT molecular complexity index is 334. The van der Waals surface area contributed by atoms with E-state index in [0.717, 1.165) is 5.56 Å². The van der Waals surface area contributed by atoms with E-state index in [1.165, 1.54) is 13.4 Å². The van der Waals surface area contributed by atoms with E-state index in [1.807, 2.05) is 6.92 Å². The molecule has 90 valence electrons. The quantitative estimate of drug-likeness (QED) is 0.703. The third kappa shape index (κ3) is 3.36. The number of hydrogen-bond donors (Lipinski definition) is 2. The minimum absolute atomic E-state index is 0.141. The van der Waals surface area contributed by atoms with Crippen molar-refractivity contribution in [2.75, 3.05) is 20.3 Å². The van der Waals surface area contributed by atoms with E-state index in [1.54, 1.807) is 6.07 Å². The third-order valence-electron chi connectivity index (χ3n) is 2.24. The molecule has 0 spiro atoms. The van der Waals surface area contributed by atoms with E-state index < -0.39 is 5.97 Å². The number of esters is 1. The average molecular weight is 227 g/mol. The molecule has 5 nitrogen and oxygen atoms in total. The maximum atomic E-state index is 11.3. The molecule has 5 heteroatoms. The van der Waals surface area contributed by atoms with Gasteiger partial charge in [-0.05, 0) is 12.0 Å². The molecule has 0 aliphatic carbocycles. The van der Waals surface area contributed by atoms with Gasteiger partial charge < -0.3 is 19.6 Å². The molecule has 1 aromatic rings. The van der Waals surface area contributed by atoms with Gasteiger partial charge in [0.15, 0.2) is 0 Å². The lowest BCUT2D eigenvalue weighted by molar-refractivity contribution is 0.0563. The van der Waals surface area contributed by atoms with E-state index in [4.69, 9.17) is 9.52 Å². The van der Waals surface area contributed by atoms with Gasteiger partial charge in [-0.25, -0.2) is 4.79 Å². The predicted molar refractivity (Wildman–Crippen MR) is 58.0 cm³/mol. The van der Waals surface area contributed by atoms with Crippen LogP contribution >= 0.6 is 0 Å². The summed E-state index contributed by atoms with van der Waals surface area (Å²) in [6.07, 6.45) is 1.46. The lowest BCUT2D eigenvalue weighted by Crippen LogP contribution is -2.23. The number of rotatable bonds is 6. The first-order valence-electron chi connectivity index (χ1n) is 5.15. The molecular formula is C11H17NO4. The molecule has 0 bridgehead atoms. The molecule has 1 rings (SSSR count). The van der Waals surface area contributed by atoms with E-state index in [9.17, 15) is 4.79 Å². The molecule has 1 heterocycles. The summed E-state index contributed by atoms with van der Waals surface area (Å²) in [5, 5.41) is 12.0. The van der Waals surface area contributed by atoms with Crippen LogP contribution in [0.15, 0.2) is 16.7 Å². The van der Waals surface area contributed by atoms with Crippen molar-refractivity contribution in [3.8, 4) is 0 Å². The van der Waals surface area contributed by atoms with Crippen molar-refractivity contribution < 1.29 is 19.1 Å². The van der Waals surface area contributed by atoms with Crippen molar-refractivity contribution in [3.63, 3.8) is 0 Å². The van der Waals surface area contributed by atoms with E-state index in [0.29, 0.717) is 13.1 Å². The van der Waals surface area contributed by atoms with Gasteiger partial charge in [0, 0.05) is 25.3 Å². The molecular weight excluding hydrogens is 210 g/mol. The Balaban J connectivity index is 2.48. The smallest absolute Gasteiger partial charge is 0.374 e. The Kier molecular flexibility index (Phi) is 5.01. The molecule has 0 aromatic carbocycles. The first-order chi connectivity index (χ1) is 7.69. The lowest BCUT2D eigenvalue weighted by Gasteiger charge is -2.08. The Hall–Kier alpha value is -1.33. The molecule has 2 N–H and O–H groups in total. The second-order valence-electron chi connectivity index (χ2n) is 3.69. The van der Waals surface area contributed by atoms with Crippen LogP contribution in [0.5, 0.6) is 0 Å². The van der Waals surface area contributed by atoms with Crippen LogP contribution in [-0.2, 0) is 11.3 Å². The van der Waals surface area contributed by atoms with Gasteiger partial charge in [0.1, 0.15) is 0 Å². The van der Waals surface area contributed by atoms with Gasteiger partial charge in [0.05, 0.1) is 13.4 Å². The van der Waals surface area contributed by atoms with Crippen molar-refractivity contribution in [2.24, 2.45) is 5.92 Å². The van der Waals surface area contributed by atoms with Gasteiger partial charge in [0.2, 0.25) is 5.76 Å². The number of carbonyl (C=O) groups excluding carboxylic acids is 1. The first kappa shape index (κ1) is 12.7. The molecule has 1 aromatic heterocycles. The molecule has 0 saturated heterocycles. The molecule has 1 unspecified atom stereocenters. The fourth-order valence-electron chi connectivity index (χ4n) is 1.26. The molecule has 0 amide bonds. The highest BCUT2D eigenvalue weighted by Gasteiger charge is 2.15. The Labute approximate surface area is 94.4 Å². The minimum Gasteiger partial charge on any atom is -0.463 e. The zero-order valence-corrected chi connectivity index (χ0v) is 9.53. The summed E-state index contributed by atoms with van der Waals surface area (Å²) >= 11 is 0. The molecule has 0 aliphatic heterocycles. The molecule has 0 radical (unpaired) electrons. The standard InChI is InChI=1S/C11H17NO4/c1-8(7-13)5-12-6-9-3-4-16-10(9)11(14)15-2/h3-4,8,12-13H,5-7H2,1-2H3. The van der Waals surface area contributed by atoms with Crippen molar-refractivity contribution in [1.29, 1.82) is 0 Å².